The van der Waals surface area contributed by atoms with Crippen LogP contribution in [0.3, 0.4) is 0 Å². The van der Waals surface area contributed by atoms with Gasteiger partial charge in [0.25, 0.3) is 5.56 Å². The van der Waals surface area contributed by atoms with Gasteiger partial charge in [-0.1, -0.05) is 18.2 Å². The Balaban J connectivity index is 2.00. The minimum Gasteiger partial charge on any atom is -0.356 e. The number of nitrogens with one attached hydrogen (secondary N) is 1. The van der Waals surface area contributed by atoms with Crippen molar-refractivity contribution in [2.75, 3.05) is 6.54 Å². The number of benzene rings is 1. The van der Waals surface area contributed by atoms with Gasteiger partial charge >= 0.3 is 0 Å². The summed E-state index contributed by atoms with van der Waals surface area (Å²) in [6, 6.07) is 9.54. The molecule has 1 amide bonds. The van der Waals surface area contributed by atoms with E-state index in [1.165, 1.54) is 10.8 Å². The number of amides is 1. The molecule has 0 unspecified atom stereocenters. The van der Waals surface area contributed by atoms with E-state index in [4.69, 9.17) is 0 Å². The van der Waals surface area contributed by atoms with Gasteiger partial charge in [0, 0.05) is 19.5 Å². The minimum atomic E-state index is -0.177. The van der Waals surface area contributed by atoms with Crippen LogP contribution in [-0.2, 0) is 11.3 Å². The first-order chi connectivity index (χ1) is 11.6. The summed E-state index contributed by atoms with van der Waals surface area (Å²) < 4.78 is 3.17. The van der Waals surface area contributed by atoms with Crippen LogP contribution in [0.2, 0.25) is 0 Å². The molecular weight excluding hydrogens is 306 g/mol. The molecule has 0 aliphatic rings. The maximum absolute atomic E-state index is 12.7. The normalized spacial score (nSPS) is 10.9. The number of carbonyl (C=O) groups excluding carboxylic acids is 1. The van der Waals surface area contributed by atoms with Crippen molar-refractivity contribution in [1.82, 2.24) is 24.6 Å². The summed E-state index contributed by atoms with van der Waals surface area (Å²) in [6.45, 7) is 4.51. The molecular formula is C17H19N5O2. The van der Waals surface area contributed by atoms with Crippen LogP contribution >= 0.6 is 0 Å². The summed E-state index contributed by atoms with van der Waals surface area (Å²) in [5, 5.41) is 7.47. The van der Waals surface area contributed by atoms with Crippen LogP contribution in [0, 0.1) is 6.92 Å². The van der Waals surface area contributed by atoms with Crippen molar-refractivity contribution >= 4 is 16.9 Å². The maximum atomic E-state index is 12.7. The number of para-hydroxylation sites is 1. The topological polar surface area (TPSA) is 81.8 Å². The quantitative estimate of drug-likeness (QED) is 0.769. The number of nitrogens with zero attached hydrogens (tertiary/aromatic N) is 4. The third kappa shape index (κ3) is 2.92. The molecule has 0 fully saturated rings. The minimum absolute atomic E-state index is 0.0797. The average Bonchev–Trinajstić information content (AvgIpc) is 2.99. The van der Waals surface area contributed by atoms with Gasteiger partial charge in [0.1, 0.15) is 11.2 Å². The maximum Gasteiger partial charge on any atom is 0.264 e. The number of hydrogen-bond donors (Lipinski definition) is 1. The molecule has 2 aromatic heterocycles. The summed E-state index contributed by atoms with van der Waals surface area (Å²) >= 11 is 0. The number of aromatic nitrogens is 4. The first kappa shape index (κ1) is 15.9. The third-order valence-electron chi connectivity index (χ3n) is 3.81. The molecule has 0 saturated heterocycles. The predicted octanol–water partition coefficient (Wildman–Crippen LogP) is 1.42. The lowest BCUT2D eigenvalue weighted by Crippen LogP contribution is -2.29. The van der Waals surface area contributed by atoms with Crippen LogP contribution in [-0.4, -0.2) is 31.8 Å². The van der Waals surface area contributed by atoms with E-state index in [0.717, 1.165) is 5.69 Å². The van der Waals surface area contributed by atoms with Crippen molar-refractivity contribution in [2.24, 2.45) is 0 Å². The van der Waals surface area contributed by atoms with E-state index in [1.54, 1.807) is 11.6 Å². The zero-order valence-corrected chi connectivity index (χ0v) is 13.7. The van der Waals surface area contributed by atoms with Crippen LogP contribution in [0.25, 0.3) is 16.7 Å². The molecule has 0 aliphatic carbocycles. The number of hydrogen-bond acceptors (Lipinski definition) is 4. The second-order valence-corrected chi connectivity index (χ2v) is 5.45. The highest BCUT2D eigenvalue weighted by atomic mass is 16.1. The molecule has 0 radical (unpaired) electrons. The summed E-state index contributed by atoms with van der Waals surface area (Å²) in [4.78, 5) is 28.9. The highest BCUT2D eigenvalue weighted by Crippen LogP contribution is 2.14. The lowest BCUT2D eigenvalue weighted by atomic mass is 10.3. The van der Waals surface area contributed by atoms with E-state index in [2.05, 4.69) is 15.4 Å². The molecule has 2 heterocycles. The molecule has 0 saturated carbocycles. The van der Waals surface area contributed by atoms with Crippen LogP contribution in [0.1, 0.15) is 19.2 Å². The van der Waals surface area contributed by atoms with Crippen LogP contribution in [0.5, 0.6) is 0 Å². The Morgan fingerprint density at radius 2 is 2.00 bits per heavy atom. The zero-order chi connectivity index (χ0) is 17.1. The molecule has 124 valence electrons. The number of rotatable bonds is 5. The van der Waals surface area contributed by atoms with Crippen molar-refractivity contribution < 1.29 is 4.79 Å². The van der Waals surface area contributed by atoms with E-state index in [-0.39, 0.29) is 17.9 Å². The smallest absolute Gasteiger partial charge is 0.264 e. The van der Waals surface area contributed by atoms with Crippen molar-refractivity contribution in [3.8, 4) is 5.69 Å². The first-order valence-electron chi connectivity index (χ1n) is 7.89. The standard InChI is InChI=1S/C17H19N5O2/c1-3-18-15(23)9-10-21-12(2)20-16-14(17(21)24)11-19-22(16)13-7-5-4-6-8-13/h4-8,11H,3,9-10H2,1-2H3,(H,18,23). The highest BCUT2D eigenvalue weighted by molar-refractivity contribution is 5.76. The van der Waals surface area contributed by atoms with Gasteiger partial charge in [-0.25, -0.2) is 9.67 Å². The van der Waals surface area contributed by atoms with Gasteiger partial charge in [-0.2, -0.15) is 5.10 Å². The Bertz CT molecular complexity index is 927. The largest absolute Gasteiger partial charge is 0.356 e. The second kappa shape index (κ2) is 6.66. The van der Waals surface area contributed by atoms with E-state index < -0.39 is 0 Å². The highest BCUT2D eigenvalue weighted by Gasteiger charge is 2.14. The molecule has 3 rings (SSSR count). The third-order valence-corrected chi connectivity index (χ3v) is 3.81. The lowest BCUT2D eigenvalue weighted by molar-refractivity contribution is -0.121. The Labute approximate surface area is 138 Å². The average molecular weight is 325 g/mol. The van der Waals surface area contributed by atoms with Crippen LogP contribution in [0.4, 0.5) is 0 Å². The predicted molar refractivity (Wildman–Crippen MR) is 91.2 cm³/mol. The van der Waals surface area contributed by atoms with Gasteiger partial charge in [-0.15, -0.1) is 0 Å². The van der Waals surface area contributed by atoms with Crippen LogP contribution < -0.4 is 10.9 Å². The monoisotopic (exact) mass is 325 g/mol. The second-order valence-electron chi connectivity index (χ2n) is 5.45. The van der Waals surface area contributed by atoms with Gasteiger partial charge in [0.05, 0.1) is 11.9 Å². The molecule has 0 aliphatic heterocycles. The van der Waals surface area contributed by atoms with E-state index >= 15 is 0 Å². The summed E-state index contributed by atoms with van der Waals surface area (Å²) in [5.41, 5.74) is 1.20. The van der Waals surface area contributed by atoms with Gasteiger partial charge in [0.15, 0.2) is 5.65 Å². The Morgan fingerprint density at radius 1 is 1.25 bits per heavy atom. The van der Waals surface area contributed by atoms with E-state index in [0.29, 0.717) is 29.9 Å². The number of carbonyl (C=O) groups is 1. The molecule has 3 aromatic rings. The summed E-state index contributed by atoms with van der Waals surface area (Å²) in [6.07, 6.45) is 1.77. The number of aryl methyl sites for hydroxylation is 1. The summed E-state index contributed by atoms with van der Waals surface area (Å²) in [7, 11) is 0. The zero-order valence-electron chi connectivity index (χ0n) is 13.7. The van der Waals surface area contributed by atoms with Crippen molar-refractivity contribution in [1.29, 1.82) is 0 Å². The fourth-order valence-electron chi connectivity index (χ4n) is 2.63. The Hall–Kier alpha value is -2.96. The fraction of sp³-hybridized carbons (Fsp3) is 0.294. The lowest BCUT2D eigenvalue weighted by Gasteiger charge is -2.10. The molecule has 7 nitrogen and oxygen atoms in total. The molecule has 1 aromatic carbocycles. The Kier molecular flexibility index (Phi) is 4.41. The van der Waals surface area contributed by atoms with Crippen LogP contribution in [0.15, 0.2) is 41.3 Å². The first-order valence-corrected chi connectivity index (χ1v) is 7.89. The molecule has 0 spiro atoms. The van der Waals surface area contributed by atoms with Gasteiger partial charge in [-0.3, -0.25) is 14.2 Å². The molecule has 0 atom stereocenters. The summed E-state index contributed by atoms with van der Waals surface area (Å²) in [5.74, 6) is 0.485. The fourth-order valence-corrected chi connectivity index (χ4v) is 2.63. The SMILES string of the molecule is CCNC(=O)CCn1c(C)nc2c(cnn2-c2ccccc2)c1=O. The molecule has 0 bridgehead atoms. The van der Waals surface area contributed by atoms with Gasteiger partial charge < -0.3 is 5.32 Å². The molecule has 1 N–H and O–H groups in total. The van der Waals surface area contributed by atoms with Gasteiger partial charge in [0.2, 0.25) is 5.91 Å². The van der Waals surface area contributed by atoms with E-state index in [1.807, 2.05) is 37.3 Å². The van der Waals surface area contributed by atoms with Crippen molar-refractivity contribution in [2.45, 2.75) is 26.8 Å². The molecule has 7 heteroatoms. The molecule has 24 heavy (non-hydrogen) atoms. The van der Waals surface area contributed by atoms with Crippen molar-refractivity contribution in [3.05, 3.63) is 52.7 Å². The van der Waals surface area contributed by atoms with E-state index in [9.17, 15) is 9.59 Å². The van der Waals surface area contributed by atoms with Gasteiger partial charge in [-0.05, 0) is 26.0 Å². The van der Waals surface area contributed by atoms with Crippen molar-refractivity contribution in [3.63, 3.8) is 0 Å². The number of fused-ring (bicyclic) bond motifs is 1. The Morgan fingerprint density at radius 3 is 2.71 bits per heavy atom.